The van der Waals surface area contributed by atoms with E-state index in [9.17, 15) is 5.11 Å². The maximum absolute atomic E-state index is 9.71. The molecule has 74 valence electrons. The molecule has 0 amide bonds. The second-order valence-electron chi connectivity index (χ2n) is 3.75. The van der Waals surface area contributed by atoms with Crippen LogP contribution in [0.2, 0.25) is 0 Å². The van der Waals surface area contributed by atoms with E-state index in [-0.39, 0.29) is 0 Å². The Morgan fingerprint density at radius 3 is 2.93 bits per heavy atom. The van der Waals surface area contributed by atoms with Gasteiger partial charge >= 0.3 is 0 Å². The molecule has 0 saturated heterocycles. The number of aromatic nitrogens is 2. The van der Waals surface area contributed by atoms with Crippen molar-refractivity contribution >= 4 is 11.0 Å². The summed E-state index contributed by atoms with van der Waals surface area (Å²) >= 11 is 0. The summed E-state index contributed by atoms with van der Waals surface area (Å²) in [5.41, 5.74) is 2.74. The summed E-state index contributed by atoms with van der Waals surface area (Å²) in [4.78, 5) is 8.49. The van der Waals surface area contributed by atoms with Crippen molar-refractivity contribution < 1.29 is 10.0 Å². The molecule has 3 N–H and O–H groups in total. The average Bonchev–Trinajstić information content (AvgIpc) is 2.57. The Hall–Kier alpha value is -1.55. The molecule has 0 saturated carbocycles. The van der Waals surface area contributed by atoms with E-state index in [2.05, 4.69) is 9.97 Å². The molecule has 1 aromatic heterocycles. The van der Waals surface area contributed by atoms with Crippen LogP contribution in [0.15, 0.2) is 18.5 Å². The van der Waals surface area contributed by atoms with Gasteiger partial charge in [-0.3, -0.25) is 0 Å². The third kappa shape index (κ3) is 1.44. The van der Waals surface area contributed by atoms with Gasteiger partial charge in [-0.2, -0.15) is 0 Å². The zero-order chi connectivity index (χ0) is 10.1. The lowest BCUT2D eigenvalue weighted by atomic mass is 10.1. The zero-order valence-corrected chi connectivity index (χ0v) is 8.33. The maximum Gasteiger partial charge on any atom is 0.126 e. The van der Waals surface area contributed by atoms with Crippen LogP contribution in [-0.4, -0.2) is 29.2 Å². The van der Waals surface area contributed by atoms with Crippen molar-refractivity contribution in [3.8, 4) is 5.75 Å². The first-order valence-electron chi connectivity index (χ1n) is 4.61. The Labute approximate surface area is 82.2 Å². The first-order chi connectivity index (χ1) is 6.68. The smallest absolute Gasteiger partial charge is 0.126 e. The lowest BCUT2D eigenvalue weighted by molar-refractivity contribution is -0.872. The number of aromatic hydroxyl groups is 1. The molecule has 4 nitrogen and oxygen atoms in total. The Kier molecular flexibility index (Phi) is 2.13. The lowest BCUT2D eigenvalue weighted by Crippen LogP contribution is -3.04. The minimum Gasteiger partial charge on any atom is -0.507 e. The van der Waals surface area contributed by atoms with Crippen LogP contribution >= 0.6 is 0 Å². The Morgan fingerprint density at radius 1 is 1.43 bits per heavy atom. The van der Waals surface area contributed by atoms with Crippen molar-refractivity contribution in [2.45, 2.75) is 6.54 Å². The van der Waals surface area contributed by atoms with E-state index in [1.54, 1.807) is 12.4 Å². The number of rotatable bonds is 2. The van der Waals surface area contributed by atoms with Gasteiger partial charge in [0.15, 0.2) is 0 Å². The average molecular weight is 192 g/mol. The third-order valence-electron chi connectivity index (χ3n) is 2.20. The number of phenolic OH excluding ortho intramolecular Hbond substituents is 1. The highest BCUT2D eigenvalue weighted by Gasteiger charge is 2.11. The van der Waals surface area contributed by atoms with E-state index in [0.29, 0.717) is 5.75 Å². The van der Waals surface area contributed by atoms with E-state index >= 15 is 0 Å². The molecular formula is C10H14N3O+. The fourth-order valence-electron chi connectivity index (χ4n) is 1.58. The molecule has 0 aliphatic carbocycles. The van der Waals surface area contributed by atoms with Gasteiger partial charge in [-0.05, 0) is 12.1 Å². The van der Waals surface area contributed by atoms with E-state index < -0.39 is 0 Å². The Bertz CT molecular complexity index is 448. The summed E-state index contributed by atoms with van der Waals surface area (Å²) in [6.07, 6.45) is 1.65. The fourth-order valence-corrected chi connectivity index (χ4v) is 1.58. The number of imidazole rings is 1. The van der Waals surface area contributed by atoms with E-state index in [1.165, 1.54) is 4.90 Å². The molecule has 1 aromatic carbocycles. The van der Waals surface area contributed by atoms with Crippen LogP contribution in [-0.2, 0) is 6.54 Å². The number of aromatic amines is 1. The standard InChI is InChI=1S/C10H13N3O/c1-13(2)5-7-9(14)4-3-8-10(7)12-6-11-8/h3-4,6,14H,5H2,1-2H3,(H,11,12)/p+1. The Morgan fingerprint density at radius 2 is 2.21 bits per heavy atom. The van der Waals surface area contributed by atoms with E-state index in [4.69, 9.17) is 0 Å². The second kappa shape index (κ2) is 3.31. The highest BCUT2D eigenvalue weighted by Crippen LogP contribution is 2.23. The lowest BCUT2D eigenvalue weighted by Gasteiger charge is -2.09. The number of benzene rings is 1. The number of quaternary nitrogens is 1. The van der Waals surface area contributed by atoms with Gasteiger partial charge in [-0.1, -0.05) is 0 Å². The highest BCUT2D eigenvalue weighted by atomic mass is 16.3. The number of nitrogens with zero attached hydrogens (tertiary/aromatic N) is 1. The number of nitrogens with one attached hydrogen (secondary N) is 2. The minimum atomic E-state index is 0.325. The zero-order valence-electron chi connectivity index (χ0n) is 8.33. The van der Waals surface area contributed by atoms with Gasteiger partial charge in [-0.25, -0.2) is 4.98 Å². The summed E-state index contributed by atoms with van der Waals surface area (Å²) in [6, 6.07) is 3.55. The summed E-state index contributed by atoms with van der Waals surface area (Å²) in [7, 11) is 4.09. The van der Waals surface area contributed by atoms with Crippen LogP contribution in [0.3, 0.4) is 0 Å². The number of fused-ring (bicyclic) bond motifs is 1. The molecule has 1 heterocycles. The minimum absolute atomic E-state index is 0.325. The summed E-state index contributed by atoms with van der Waals surface area (Å²) in [6.45, 7) is 0.772. The van der Waals surface area contributed by atoms with Crippen molar-refractivity contribution in [1.82, 2.24) is 9.97 Å². The molecule has 0 unspecified atom stereocenters. The predicted octanol–water partition coefficient (Wildman–Crippen LogP) is -0.0870. The van der Waals surface area contributed by atoms with Crippen molar-refractivity contribution in [2.75, 3.05) is 14.1 Å². The van der Waals surface area contributed by atoms with Gasteiger partial charge in [0.05, 0.1) is 31.5 Å². The summed E-state index contributed by atoms with van der Waals surface area (Å²) in [5.74, 6) is 0.325. The monoisotopic (exact) mass is 192 g/mol. The molecule has 4 heteroatoms. The molecule has 0 atom stereocenters. The largest absolute Gasteiger partial charge is 0.507 e. The molecule has 2 aromatic rings. The quantitative estimate of drug-likeness (QED) is 0.623. The van der Waals surface area contributed by atoms with Crippen molar-refractivity contribution in [2.24, 2.45) is 0 Å². The second-order valence-corrected chi connectivity index (χ2v) is 3.75. The van der Waals surface area contributed by atoms with E-state index in [1.807, 2.05) is 20.2 Å². The van der Waals surface area contributed by atoms with Crippen LogP contribution in [0.1, 0.15) is 5.56 Å². The van der Waals surface area contributed by atoms with E-state index in [0.717, 1.165) is 23.1 Å². The topological polar surface area (TPSA) is 53.4 Å². The fraction of sp³-hybridized carbons (Fsp3) is 0.300. The van der Waals surface area contributed by atoms with Crippen molar-refractivity contribution in [3.63, 3.8) is 0 Å². The highest BCUT2D eigenvalue weighted by molar-refractivity contribution is 5.80. The third-order valence-corrected chi connectivity index (χ3v) is 2.20. The van der Waals surface area contributed by atoms with Gasteiger partial charge < -0.3 is 15.0 Å². The van der Waals surface area contributed by atoms with Crippen LogP contribution in [0, 0.1) is 0 Å². The number of H-pyrrole nitrogens is 1. The van der Waals surface area contributed by atoms with Gasteiger partial charge in [0.25, 0.3) is 0 Å². The summed E-state index contributed by atoms with van der Waals surface area (Å²) in [5, 5.41) is 9.71. The molecule has 2 rings (SSSR count). The van der Waals surface area contributed by atoms with Crippen LogP contribution in [0.25, 0.3) is 11.0 Å². The van der Waals surface area contributed by atoms with Gasteiger partial charge in [0.2, 0.25) is 0 Å². The molecular weight excluding hydrogens is 178 g/mol. The van der Waals surface area contributed by atoms with Gasteiger partial charge in [0, 0.05) is 0 Å². The van der Waals surface area contributed by atoms with Crippen LogP contribution in [0.5, 0.6) is 5.75 Å². The first-order valence-corrected chi connectivity index (χ1v) is 4.61. The van der Waals surface area contributed by atoms with Crippen molar-refractivity contribution in [1.29, 1.82) is 0 Å². The summed E-state index contributed by atoms with van der Waals surface area (Å²) < 4.78 is 0. The predicted molar refractivity (Wildman–Crippen MR) is 54.3 cm³/mol. The molecule has 0 fully saturated rings. The molecule has 0 spiro atoms. The first kappa shape index (κ1) is 9.02. The molecule has 14 heavy (non-hydrogen) atoms. The Balaban J connectivity index is 2.58. The van der Waals surface area contributed by atoms with Crippen LogP contribution in [0.4, 0.5) is 0 Å². The number of hydrogen-bond donors (Lipinski definition) is 3. The van der Waals surface area contributed by atoms with Crippen molar-refractivity contribution in [3.05, 3.63) is 24.0 Å². The SMILES string of the molecule is C[NH+](C)Cc1c(O)ccc2[nH]cnc12. The van der Waals surface area contributed by atoms with Gasteiger partial charge in [0.1, 0.15) is 17.8 Å². The molecule has 0 radical (unpaired) electrons. The molecule has 0 aliphatic rings. The maximum atomic E-state index is 9.71. The van der Waals surface area contributed by atoms with Gasteiger partial charge in [-0.15, -0.1) is 0 Å². The number of phenols is 1. The molecule has 0 aliphatic heterocycles. The molecule has 0 bridgehead atoms. The normalized spacial score (nSPS) is 11.4. The van der Waals surface area contributed by atoms with Crippen LogP contribution < -0.4 is 4.90 Å². The number of hydrogen-bond acceptors (Lipinski definition) is 2.